The molecule has 0 aromatic heterocycles. The van der Waals surface area contributed by atoms with Crippen LogP contribution in [0, 0.1) is 0 Å². The van der Waals surface area contributed by atoms with Gasteiger partial charge in [-0.1, -0.05) is 248 Å². The molecule has 0 saturated carbocycles. The molecule has 0 heterocycles. The summed E-state index contributed by atoms with van der Waals surface area (Å²) in [6.07, 6.45) is 71.9. The number of hydrogen-bond donors (Lipinski definition) is 0. The number of halogens is 4. The molecular weight excluding hydrogens is 1020 g/mol. The Balaban J connectivity index is -0.00000103. The Hall–Kier alpha value is 2.89. The van der Waals surface area contributed by atoms with Crippen molar-refractivity contribution in [3.8, 4) is 0 Å². The zero-order valence-electron chi connectivity index (χ0n) is 44.7. The molecule has 0 rings (SSSR count). The quantitative estimate of drug-likeness (QED) is 0.0324. The van der Waals surface area contributed by atoms with E-state index >= 15 is 0 Å². The van der Waals surface area contributed by atoms with E-state index in [0.717, 1.165) is 0 Å². The van der Waals surface area contributed by atoms with E-state index in [4.69, 9.17) is 20.4 Å². The van der Waals surface area contributed by atoms with Crippen LogP contribution >= 0.6 is 63.4 Å². The molecule has 392 valence electrons. The first-order chi connectivity index (χ1) is 30.5. The van der Waals surface area contributed by atoms with Crippen molar-refractivity contribution in [2.24, 2.45) is 0 Å². The third kappa shape index (κ3) is 57.4. The summed E-state index contributed by atoms with van der Waals surface area (Å²) in [7, 11) is 7.50. The molecule has 0 aromatic carbocycles. The van der Waals surface area contributed by atoms with Crippen LogP contribution in [0.15, 0.2) is 0 Å². The van der Waals surface area contributed by atoms with Crippen molar-refractivity contribution in [2.45, 2.75) is 312 Å². The van der Waals surface area contributed by atoms with E-state index in [0.29, 0.717) is 0 Å². The fraction of sp³-hybridized carbons (Fsp3) is 1.00. The summed E-state index contributed by atoms with van der Waals surface area (Å²) in [4.78, 5) is 0. The van der Waals surface area contributed by atoms with Crippen LogP contribution in [0.1, 0.15) is 312 Å². The SMILES string of the molecule is CCCCCCCCCCCCCCCC[P+](CCCC)(CCCC)CCCC.CCCCCCCCCCCCCCCC[P+](CCCC)(CCCC)CCCC.[Cl][Ni-2]([Cl])([Br])[Br]. The summed E-state index contributed by atoms with van der Waals surface area (Å²) in [6, 6.07) is 0. The first kappa shape index (κ1) is 70.2. The van der Waals surface area contributed by atoms with Gasteiger partial charge in [-0.15, -0.1) is 0 Å². The molecule has 0 amide bonds. The average molecular weight is 1140 g/mol. The van der Waals surface area contributed by atoms with Crippen LogP contribution in [-0.4, -0.2) is 49.3 Å². The molecule has 0 aliphatic carbocycles. The monoisotopic (exact) mass is 1140 g/mol. The molecule has 0 radical (unpaired) electrons. The van der Waals surface area contributed by atoms with Crippen LogP contribution in [-0.2, 0) is 7.06 Å². The fourth-order valence-corrected chi connectivity index (χ4v) is 20.0. The average Bonchev–Trinajstić information content (AvgIpc) is 3.26. The summed E-state index contributed by atoms with van der Waals surface area (Å²) in [5, 5.41) is 0. The van der Waals surface area contributed by atoms with Crippen molar-refractivity contribution in [1.82, 2.24) is 0 Å². The zero-order chi connectivity index (χ0) is 47.4. The fourth-order valence-electron chi connectivity index (χ4n) is 9.59. The van der Waals surface area contributed by atoms with Crippen LogP contribution in [0.3, 0.4) is 0 Å². The molecule has 0 spiro atoms. The first-order valence-electron chi connectivity index (χ1n) is 28.7. The van der Waals surface area contributed by atoms with E-state index in [1.807, 2.05) is 0 Å². The molecule has 0 bridgehead atoms. The maximum absolute atomic E-state index is 5.22. The summed E-state index contributed by atoms with van der Waals surface area (Å²) in [6.45, 7) is 19.0. The van der Waals surface area contributed by atoms with Crippen molar-refractivity contribution in [2.75, 3.05) is 49.3 Å². The van der Waals surface area contributed by atoms with Gasteiger partial charge in [0.05, 0.1) is 49.3 Å². The Kier molecular flexibility index (Phi) is 62.2. The molecule has 0 N–H and O–H groups in total. The van der Waals surface area contributed by atoms with E-state index < -0.39 is 21.6 Å². The standard InChI is InChI=1S/2C28H60P.2BrH.2ClH.Ni/c2*1-5-9-13-14-15-16-17-18-19-20-21-22-23-24-28-29(25-10-6-2,26-11-7-3)27-12-8-4;;;;;/h2*5-28H2,1-4H3;4*1H;/q2*+1;;;;;+2/p-4. The molecule has 0 atom stereocenters. The summed E-state index contributed by atoms with van der Waals surface area (Å²) < 4.78 is 0. The van der Waals surface area contributed by atoms with E-state index in [9.17, 15) is 0 Å². The summed E-state index contributed by atoms with van der Waals surface area (Å²) >= 11 is 5.83. The minimum absolute atomic E-state index is 0.630. The van der Waals surface area contributed by atoms with Crippen molar-refractivity contribution in [3.05, 3.63) is 0 Å². The summed E-state index contributed by atoms with van der Waals surface area (Å²) in [5.41, 5.74) is 0. The zero-order valence-corrected chi connectivity index (χ0v) is 52.1. The predicted octanol–water partition coefficient (Wildman–Crippen LogP) is 24.8. The van der Waals surface area contributed by atoms with E-state index in [-0.39, 0.29) is 0 Å². The maximum atomic E-state index is 5.22. The first-order valence-corrected chi connectivity index (χ1v) is 41.3. The molecule has 7 heteroatoms. The second kappa shape index (κ2) is 55.8. The topological polar surface area (TPSA) is 0 Å². The van der Waals surface area contributed by atoms with Gasteiger partial charge in [0.25, 0.3) is 0 Å². The Bertz CT molecular complexity index is 720. The molecule has 0 nitrogen and oxygen atoms in total. The Morgan fingerprint density at radius 3 is 0.476 bits per heavy atom. The molecule has 0 fully saturated rings. The van der Waals surface area contributed by atoms with Gasteiger partial charge < -0.3 is 0 Å². The van der Waals surface area contributed by atoms with Crippen LogP contribution < -0.4 is 0 Å². The second-order valence-electron chi connectivity index (χ2n) is 20.1. The number of unbranched alkanes of at least 4 members (excludes halogenated alkanes) is 32. The number of hydrogen-bond acceptors (Lipinski definition) is 0. The van der Waals surface area contributed by atoms with Crippen molar-refractivity contribution in [3.63, 3.8) is 0 Å². The van der Waals surface area contributed by atoms with Gasteiger partial charge in [-0.05, 0) is 64.2 Å². The van der Waals surface area contributed by atoms with Crippen molar-refractivity contribution < 1.29 is 7.06 Å². The van der Waals surface area contributed by atoms with Gasteiger partial charge in [0.2, 0.25) is 0 Å². The summed E-state index contributed by atoms with van der Waals surface area (Å²) in [5.74, 6) is 0. The Morgan fingerprint density at radius 1 is 0.222 bits per heavy atom. The van der Waals surface area contributed by atoms with Crippen LogP contribution in [0.2, 0.25) is 0 Å². The Labute approximate surface area is 428 Å². The van der Waals surface area contributed by atoms with Crippen LogP contribution in [0.5, 0.6) is 0 Å². The Morgan fingerprint density at radius 2 is 0.333 bits per heavy atom. The normalized spacial score (nSPS) is 12.3. The van der Waals surface area contributed by atoms with Gasteiger partial charge in [-0.2, -0.15) is 0 Å². The molecular formula is C56H120Br2Cl2NiP2. The van der Waals surface area contributed by atoms with E-state index in [2.05, 4.69) is 83.8 Å². The van der Waals surface area contributed by atoms with Crippen LogP contribution in [0.25, 0.3) is 0 Å². The second-order valence-corrected chi connectivity index (χ2v) is 47.0. The van der Waals surface area contributed by atoms with Gasteiger partial charge in [0.15, 0.2) is 0 Å². The molecule has 0 unspecified atom stereocenters. The predicted molar refractivity (Wildman–Crippen MR) is 312 cm³/mol. The van der Waals surface area contributed by atoms with E-state index in [1.54, 1.807) is 62.1 Å². The van der Waals surface area contributed by atoms with Crippen molar-refractivity contribution in [1.29, 1.82) is 0 Å². The van der Waals surface area contributed by atoms with Crippen molar-refractivity contribution >= 4 is 63.4 Å². The number of rotatable bonds is 48. The third-order valence-corrected chi connectivity index (χ3v) is 24.0. The van der Waals surface area contributed by atoms with Gasteiger partial charge in [-0.3, -0.25) is 0 Å². The van der Waals surface area contributed by atoms with E-state index in [1.165, 1.54) is 244 Å². The third-order valence-electron chi connectivity index (χ3n) is 13.9. The molecule has 0 aliphatic rings. The molecule has 63 heavy (non-hydrogen) atoms. The van der Waals surface area contributed by atoms with Gasteiger partial charge >= 0.3 is 55.9 Å². The molecule has 0 aromatic rings. The molecule has 0 aliphatic heterocycles. The minimum atomic E-state index is -1.68. The van der Waals surface area contributed by atoms with Gasteiger partial charge in [0, 0.05) is 14.5 Å². The molecule has 0 saturated heterocycles. The van der Waals surface area contributed by atoms with Gasteiger partial charge in [-0.25, -0.2) is 0 Å². The van der Waals surface area contributed by atoms with Gasteiger partial charge in [0.1, 0.15) is 0 Å². The van der Waals surface area contributed by atoms with Crippen LogP contribution in [0.4, 0.5) is 0 Å².